The monoisotopic (exact) mass is 153 g/mol. The molecule has 1 saturated heterocycles. The molecule has 1 aliphatic heterocycles. The van der Waals surface area contributed by atoms with Crippen molar-refractivity contribution in [1.82, 2.24) is 5.32 Å². The van der Waals surface area contributed by atoms with E-state index in [1.165, 1.54) is 12.8 Å². The molecule has 2 fully saturated rings. The van der Waals surface area contributed by atoms with Crippen LogP contribution in [0.2, 0.25) is 0 Å². The Hall–Kier alpha value is -0.370. The fourth-order valence-corrected chi connectivity index (χ4v) is 1.70. The van der Waals surface area contributed by atoms with Crippen LogP contribution in [-0.4, -0.2) is 18.9 Å². The van der Waals surface area contributed by atoms with Crippen LogP contribution in [0.15, 0.2) is 0 Å². The third-order valence-electron chi connectivity index (χ3n) is 2.70. The Morgan fingerprint density at radius 2 is 2.18 bits per heavy atom. The van der Waals surface area contributed by atoms with E-state index in [1.807, 2.05) is 0 Å². The summed E-state index contributed by atoms with van der Waals surface area (Å²) in [6, 6.07) is 0. The maximum absolute atomic E-state index is 11.5. The normalized spacial score (nSPS) is 30.7. The summed E-state index contributed by atoms with van der Waals surface area (Å²) >= 11 is 0. The molecule has 1 heterocycles. The predicted octanol–water partition coefficient (Wildman–Crippen LogP) is 0.965. The predicted molar refractivity (Wildman–Crippen MR) is 43.3 cm³/mol. The molecular weight excluding hydrogens is 138 g/mol. The van der Waals surface area contributed by atoms with Gasteiger partial charge in [0.1, 0.15) is 5.78 Å². The van der Waals surface area contributed by atoms with E-state index in [2.05, 4.69) is 5.32 Å². The smallest absolute Gasteiger partial charge is 0.137 e. The number of Topliss-reactive ketones (excluding diaryl/α,β-unsaturated/α-hetero) is 1. The van der Waals surface area contributed by atoms with Crippen molar-refractivity contribution in [3.63, 3.8) is 0 Å². The molecule has 1 unspecified atom stereocenters. The van der Waals surface area contributed by atoms with E-state index in [4.69, 9.17) is 0 Å². The van der Waals surface area contributed by atoms with Crippen molar-refractivity contribution in [1.29, 1.82) is 0 Å². The molecule has 1 atom stereocenters. The molecule has 0 bridgehead atoms. The van der Waals surface area contributed by atoms with Crippen LogP contribution in [0.1, 0.15) is 25.7 Å². The molecule has 0 spiro atoms. The summed E-state index contributed by atoms with van der Waals surface area (Å²) in [7, 11) is 0. The van der Waals surface area contributed by atoms with Crippen LogP contribution < -0.4 is 5.32 Å². The van der Waals surface area contributed by atoms with Crippen molar-refractivity contribution in [2.75, 3.05) is 13.1 Å². The quantitative estimate of drug-likeness (QED) is 0.654. The summed E-state index contributed by atoms with van der Waals surface area (Å²) in [5.74, 6) is 1.64. The van der Waals surface area contributed by atoms with Crippen LogP contribution >= 0.6 is 0 Å². The Morgan fingerprint density at radius 3 is 2.73 bits per heavy atom. The lowest BCUT2D eigenvalue weighted by molar-refractivity contribution is -0.122. The molecule has 0 aromatic carbocycles. The van der Waals surface area contributed by atoms with Gasteiger partial charge in [0.05, 0.1) is 0 Å². The van der Waals surface area contributed by atoms with Gasteiger partial charge in [-0.2, -0.15) is 0 Å². The second-order valence-corrected chi connectivity index (χ2v) is 3.80. The molecule has 0 aromatic rings. The van der Waals surface area contributed by atoms with Crippen LogP contribution in [0, 0.1) is 11.8 Å². The van der Waals surface area contributed by atoms with Gasteiger partial charge in [0.25, 0.3) is 0 Å². The number of ketones is 1. The molecular formula is C9H15NO. The zero-order valence-electron chi connectivity index (χ0n) is 6.81. The third-order valence-corrected chi connectivity index (χ3v) is 2.70. The van der Waals surface area contributed by atoms with Crippen LogP contribution in [0.25, 0.3) is 0 Å². The summed E-state index contributed by atoms with van der Waals surface area (Å²) in [5, 5.41) is 3.23. The number of carbonyl (C=O) groups excluding carboxylic acids is 1. The number of hydrogen-bond acceptors (Lipinski definition) is 2. The van der Waals surface area contributed by atoms with E-state index in [-0.39, 0.29) is 0 Å². The minimum Gasteiger partial charge on any atom is -0.316 e. The summed E-state index contributed by atoms with van der Waals surface area (Å²) in [4.78, 5) is 11.5. The Labute approximate surface area is 67.4 Å². The molecule has 62 valence electrons. The SMILES string of the molecule is O=C(CC1CC1)C1CCNC1. The summed E-state index contributed by atoms with van der Waals surface area (Å²) < 4.78 is 0. The summed E-state index contributed by atoms with van der Waals surface area (Å²) in [6.07, 6.45) is 4.54. The first-order valence-electron chi connectivity index (χ1n) is 4.59. The van der Waals surface area contributed by atoms with E-state index in [9.17, 15) is 4.79 Å². The van der Waals surface area contributed by atoms with Gasteiger partial charge in [-0.3, -0.25) is 4.79 Å². The van der Waals surface area contributed by atoms with Crippen molar-refractivity contribution in [3.8, 4) is 0 Å². The van der Waals surface area contributed by atoms with Gasteiger partial charge in [-0.15, -0.1) is 0 Å². The topological polar surface area (TPSA) is 29.1 Å². The second-order valence-electron chi connectivity index (χ2n) is 3.80. The van der Waals surface area contributed by atoms with Crippen LogP contribution in [-0.2, 0) is 4.79 Å². The summed E-state index contributed by atoms with van der Waals surface area (Å²) in [5.41, 5.74) is 0. The third kappa shape index (κ3) is 1.80. The highest BCUT2D eigenvalue weighted by Gasteiger charge is 2.29. The Morgan fingerprint density at radius 1 is 1.36 bits per heavy atom. The van der Waals surface area contributed by atoms with Gasteiger partial charge in [-0.05, 0) is 31.7 Å². The maximum Gasteiger partial charge on any atom is 0.137 e. The minimum atomic E-state index is 0.357. The highest BCUT2D eigenvalue weighted by molar-refractivity contribution is 5.82. The van der Waals surface area contributed by atoms with E-state index in [1.54, 1.807) is 0 Å². The van der Waals surface area contributed by atoms with E-state index in [0.29, 0.717) is 11.7 Å². The molecule has 0 amide bonds. The van der Waals surface area contributed by atoms with Crippen LogP contribution in [0.4, 0.5) is 0 Å². The molecule has 1 saturated carbocycles. The molecule has 2 rings (SSSR count). The van der Waals surface area contributed by atoms with Crippen molar-refractivity contribution in [2.24, 2.45) is 11.8 Å². The lowest BCUT2D eigenvalue weighted by Gasteiger charge is -2.04. The van der Waals surface area contributed by atoms with Gasteiger partial charge >= 0.3 is 0 Å². The molecule has 0 aromatic heterocycles. The fraction of sp³-hybridized carbons (Fsp3) is 0.889. The molecule has 2 aliphatic rings. The first-order chi connectivity index (χ1) is 5.36. The zero-order chi connectivity index (χ0) is 7.68. The lowest BCUT2D eigenvalue weighted by atomic mass is 9.99. The van der Waals surface area contributed by atoms with Crippen molar-refractivity contribution in [3.05, 3.63) is 0 Å². The molecule has 1 aliphatic carbocycles. The van der Waals surface area contributed by atoms with Gasteiger partial charge in [-0.1, -0.05) is 0 Å². The van der Waals surface area contributed by atoms with Crippen LogP contribution in [0.5, 0.6) is 0 Å². The van der Waals surface area contributed by atoms with E-state index in [0.717, 1.165) is 31.8 Å². The van der Waals surface area contributed by atoms with E-state index < -0.39 is 0 Å². The average Bonchev–Trinajstić information content (AvgIpc) is 2.67. The van der Waals surface area contributed by atoms with Gasteiger partial charge in [0.15, 0.2) is 0 Å². The Balaban J connectivity index is 1.77. The maximum atomic E-state index is 11.5. The Bertz CT molecular complexity index is 157. The largest absolute Gasteiger partial charge is 0.316 e. The van der Waals surface area contributed by atoms with Crippen molar-refractivity contribution in [2.45, 2.75) is 25.7 Å². The van der Waals surface area contributed by atoms with Gasteiger partial charge in [-0.25, -0.2) is 0 Å². The van der Waals surface area contributed by atoms with Crippen molar-refractivity contribution < 1.29 is 4.79 Å². The Kier molecular flexibility index (Phi) is 1.95. The molecule has 2 heteroatoms. The minimum absolute atomic E-state index is 0.357. The van der Waals surface area contributed by atoms with Gasteiger partial charge < -0.3 is 5.32 Å². The summed E-state index contributed by atoms with van der Waals surface area (Å²) in [6.45, 7) is 1.98. The first kappa shape index (κ1) is 7.29. The molecule has 0 radical (unpaired) electrons. The lowest BCUT2D eigenvalue weighted by Crippen LogP contribution is -2.17. The van der Waals surface area contributed by atoms with Gasteiger partial charge in [0.2, 0.25) is 0 Å². The average molecular weight is 153 g/mol. The number of rotatable bonds is 3. The number of nitrogens with one attached hydrogen (secondary N) is 1. The molecule has 2 nitrogen and oxygen atoms in total. The standard InChI is InChI=1S/C9H15NO/c11-9(5-7-1-2-7)8-3-4-10-6-8/h7-8,10H,1-6H2. The second kappa shape index (κ2) is 2.94. The number of carbonyl (C=O) groups is 1. The van der Waals surface area contributed by atoms with E-state index >= 15 is 0 Å². The zero-order valence-corrected chi connectivity index (χ0v) is 6.81. The highest BCUT2D eigenvalue weighted by Crippen LogP contribution is 2.33. The van der Waals surface area contributed by atoms with Crippen molar-refractivity contribution >= 4 is 5.78 Å². The highest BCUT2D eigenvalue weighted by atomic mass is 16.1. The van der Waals surface area contributed by atoms with Gasteiger partial charge in [0, 0.05) is 18.9 Å². The fourth-order valence-electron chi connectivity index (χ4n) is 1.70. The first-order valence-corrected chi connectivity index (χ1v) is 4.59. The number of hydrogen-bond donors (Lipinski definition) is 1. The molecule has 1 N–H and O–H groups in total. The van der Waals surface area contributed by atoms with Crippen LogP contribution in [0.3, 0.4) is 0 Å². The molecule has 11 heavy (non-hydrogen) atoms.